The van der Waals surface area contributed by atoms with Crippen molar-refractivity contribution in [2.75, 3.05) is 19.0 Å². The summed E-state index contributed by atoms with van der Waals surface area (Å²) in [5.74, 6) is -1.61. The molecule has 2 aromatic carbocycles. The molecular formula is C20H25FN2O4. The minimum atomic E-state index is -0.621. The highest BCUT2D eigenvalue weighted by molar-refractivity contribution is 6.00. The van der Waals surface area contributed by atoms with Gasteiger partial charge in [0, 0.05) is 0 Å². The van der Waals surface area contributed by atoms with Gasteiger partial charge in [-0.05, 0) is 49.2 Å². The second kappa shape index (κ2) is 10.9. The SMILES string of the molecule is CC.COC(=O)CONC(=O)c1ccc(C)cc1Nc1ccc(C)cc1F. The Kier molecular flexibility index (Phi) is 8.95. The summed E-state index contributed by atoms with van der Waals surface area (Å²) >= 11 is 0. The number of ether oxygens (including phenoxy) is 1. The zero-order valence-corrected chi connectivity index (χ0v) is 16.2. The first-order chi connectivity index (χ1) is 12.9. The molecule has 0 spiro atoms. The first kappa shape index (κ1) is 22.1. The largest absolute Gasteiger partial charge is 0.467 e. The minimum absolute atomic E-state index is 0.246. The molecule has 146 valence electrons. The van der Waals surface area contributed by atoms with Gasteiger partial charge in [0.05, 0.1) is 24.0 Å². The summed E-state index contributed by atoms with van der Waals surface area (Å²) in [4.78, 5) is 28.1. The Morgan fingerprint density at radius 3 is 2.26 bits per heavy atom. The van der Waals surface area contributed by atoms with Crippen molar-refractivity contribution in [1.29, 1.82) is 0 Å². The van der Waals surface area contributed by atoms with Crippen LogP contribution in [0.5, 0.6) is 0 Å². The average molecular weight is 376 g/mol. The minimum Gasteiger partial charge on any atom is -0.467 e. The molecule has 0 aliphatic rings. The molecule has 0 atom stereocenters. The van der Waals surface area contributed by atoms with Gasteiger partial charge in [0.1, 0.15) is 5.82 Å². The number of hydrogen-bond donors (Lipinski definition) is 2. The zero-order valence-electron chi connectivity index (χ0n) is 16.2. The van der Waals surface area contributed by atoms with Crippen LogP contribution < -0.4 is 10.8 Å². The van der Waals surface area contributed by atoms with Gasteiger partial charge in [-0.25, -0.2) is 14.7 Å². The van der Waals surface area contributed by atoms with Crippen molar-refractivity contribution in [1.82, 2.24) is 5.48 Å². The van der Waals surface area contributed by atoms with Crippen LogP contribution in [-0.4, -0.2) is 25.6 Å². The van der Waals surface area contributed by atoms with Gasteiger partial charge in [0.2, 0.25) is 0 Å². The molecule has 0 aromatic heterocycles. The Bertz CT molecular complexity index is 794. The molecule has 2 rings (SSSR count). The van der Waals surface area contributed by atoms with Crippen LogP contribution in [0, 0.1) is 19.7 Å². The number of hydroxylamine groups is 1. The van der Waals surface area contributed by atoms with Crippen LogP contribution in [0.15, 0.2) is 36.4 Å². The molecule has 0 saturated heterocycles. The van der Waals surface area contributed by atoms with E-state index < -0.39 is 24.3 Å². The van der Waals surface area contributed by atoms with Gasteiger partial charge >= 0.3 is 5.97 Å². The lowest BCUT2D eigenvalue weighted by Gasteiger charge is -2.14. The number of hydrogen-bond acceptors (Lipinski definition) is 5. The fraction of sp³-hybridized carbons (Fsp3) is 0.300. The molecule has 0 saturated carbocycles. The Balaban J connectivity index is 0.00000176. The van der Waals surface area contributed by atoms with E-state index >= 15 is 0 Å². The predicted molar refractivity (Wildman–Crippen MR) is 102 cm³/mol. The molecule has 7 heteroatoms. The molecule has 0 radical (unpaired) electrons. The third-order valence-corrected chi connectivity index (χ3v) is 3.40. The van der Waals surface area contributed by atoms with Gasteiger partial charge in [0.25, 0.3) is 5.91 Å². The molecular weight excluding hydrogens is 351 g/mol. The number of benzene rings is 2. The molecule has 0 fully saturated rings. The number of nitrogens with one attached hydrogen (secondary N) is 2. The fourth-order valence-corrected chi connectivity index (χ4v) is 2.10. The second-order valence-corrected chi connectivity index (χ2v) is 5.45. The average Bonchev–Trinajstić information content (AvgIpc) is 2.65. The van der Waals surface area contributed by atoms with E-state index in [1.54, 1.807) is 37.3 Å². The van der Waals surface area contributed by atoms with Crippen LogP contribution in [0.25, 0.3) is 0 Å². The summed E-state index contributed by atoms with van der Waals surface area (Å²) in [5, 5.41) is 2.92. The predicted octanol–water partition coefficient (Wildman–Crippen LogP) is 4.05. The summed E-state index contributed by atoms with van der Waals surface area (Å²) in [5.41, 5.74) is 4.76. The van der Waals surface area contributed by atoms with Crippen molar-refractivity contribution in [3.63, 3.8) is 0 Å². The lowest BCUT2D eigenvalue weighted by atomic mass is 10.1. The Morgan fingerprint density at radius 2 is 1.63 bits per heavy atom. The highest BCUT2D eigenvalue weighted by atomic mass is 19.1. The number of anilines is 2. The summed E-state index contributed by atoms with van der Waals surface area (Å²) < 4.78 is 18.5. The summed E-state index contributed by atoms with van der Waals surface area (Å²) in [7, 11) is 1.21. The topological polar surface area (TPSA) is 76.7 Å². The molecule has 0 unspecified atom stereocenters. The number of amides is 1. The molecule has 27 heavy (non-hydrogen) atoms. The van der Waals surface area contributed by atoms with Crippen molar-refractivity contribution >= 4 is 23.3 Å². The van der Waals surface area contributed by atoms with Gasteiger partial charge in [-0.15, -0.1) is 0 Å². The number of esters is 1. The highest BCUT2D eigenvalue weighted by Gasteiger charge is 2.14. The first-order valence-corrected chi connectivity index (χ1v) is 8.53. The van der Waals surface area contributed by atoms with E-state index in [4.69, 9.17) is 4.84 Å². The maximum Gasteiger partial charge on any atom is 0.334 e. The zero-order chi connectivity index (χ0) is 20.4. The summed E-state index contributed by atoms with van der Waals surface area (Å²) in [6.07, 6.45) is 0. The van der Waals surface area contributed by atoms with E-state index in [-0.39, 0.29) is 11.3 Å². The maximum absolute atomic E-state index is 14.1. The van der Waals surface area contributed by atoms with Gasteiger partial charge in [-0.3, -0.25) is 9.63 Å². The third-order valence-electron chi connectivity index (χ3n) is 3.40. The van der Waals surface area contributed by atoms with Crippen LogP contribution in [-0.2, 0) is 14.4 Å². The van der Waals surface area contributed by atoms with Crippen molar-refractivity contribution in [3.05, 3.63) is 58.9 Å². The van der Waals surface area contributed by atoms with E-state index in [2.05, 4.69) is 15.5 Å². The third kappa shape index (κ3) is 6.71. The smallest absolute Gasteiger partial charge is 0.334 e. The quantitative estimate of drug-likeness (QED) is 0.588. The van der Waals surface area contributed by atoms with Crippen LogP contribution in [0.2, 0.25) is 0 Å². The number of carbonyl (C=O) groups is 2. The van der Waals surface area contributed by atoms with E-state index in [9.17, 15) is 14.0 Å². The van der Waals surface area contributed by atoms with Gasteiger partial charge < -0.3 is 10.1 Å². The number of rotatable bonds is 6. The lowest BCUT2D eigenvalue weighted by Crippen LogP contribution is -2.27. The van der Waals surface area contributed by atoms with Crippen molar-refractivity contribution in [3.8, 4) is 0 Å². The molecule has 6 nitrogen and oxygen atoms in total. The molecule has 0 aliphatic heterocycles. The number of aryl methyl sites for hydroxylation is 2. The number of carbonyl (C=O) groups excluding carboxylic acids is 2. The number of methoxy groups -OCH3 is 1. The molecule has 0 heterocycles. The van der Waals surface area contributed by atoms with E-state index in [1.165, 1.54) is 13.2 Å². The lowest BCUT2D eigenvalue weighted by molar-refractivity contribution is -0.147. The van der Waals surface area contributed by atoms with Crippen LogP contribution in [0.3, 0.4) is 0 Å². The summed E-state index contributed by atoms with van der Waals surface area (Å²) in [6, 6.07) is 9.81. The second-order valence-electron chi connectivity index (χ2n) is 5.45. The van der Waals surface area contributed by atoms with Crippen molar-refractivity contribution in [2.24, 2.45) is 0 Å². The highest BCUT2D eigenvalue weighted by Crippen LogP contribution is 2.25. The van der Waals surface area contributed by atoms with Crippen molar-refractivity contribution < 1.29 is 23.6 Å². The van der Waals surface area contributed by atoms with E-state index in [0.29, 0.717) is 5.69 Å². The summed E-state index contributed by atoms with van der Waals surface area (Å²) in [6.45, 7) is 7.23. The Labute approximate surface area is 158 Å². The standard InChI is InChI=1S/C18H19FN2O4.C2H6/c1-11-5-7-15(14(19)8-11)20-16-9-12(2)4-6-13(16)18(23)21-25-10-17(22)24-3;1-2/h4-9,20H,10H2,1-3H3,(H,21,23);1-2H3. The van der Waals surface area contributed by atoms with Gasteiger partial charge in [-0.2, -0.15) is 0 Å². The van der Waals surface area contributed by atoms with Crippen LogP contribution >= 0.6 is 0 Å². The fourth-order valence-electron chi connectivity index (χ4n) is 2.10. The Morgan fingerprint density at radius 1 is 1.00 bits per heavy atom. The molecule has 2 N–H and O–H groups in total. The van der Waals surface area contributed by atoms with Crippen LogP contribution in [0.4, 0.5) is 15.8 Å². The van der Waals surface area contributed by atoms with E-state index in [1.807, 2.05) is 20.8 Å². The Hall–Kier alpha value is -2.93. The van der Waals surface area contributed by atoms with E-state index in [0.717, 1.165) is 11.1 Å². The van der Waals surface area contributed by atoms with Gasteiger partial charge in [-0.1, -0.05) is 26.0 Å². The normalized spacial score (nSPS) is 9.70. The molecule has 0 aliphatic carbocycles. The molecule has 1 amide bonds. The van der Waals surface area contributed by atoms with Gasteiger partial charge in [0.15, 0.2) is 6.61 Å². The molecule has 0 bridgehead atoms. The van der Waals surface area contributed by atoms with Crippen LogP contribution in [0.1, 0.15) is 35.3 Å². The van der Waals surface area contributed by atoms with Crippen molar-refractivity contribution in [2.45, 2.75) is 27.7 Å². The molecule has 2 aromatic rings. The first-order valence-electron chi connectivity index (χ1n) is 8.53. The monoisotopic (exact) mass is 376 g/mol. The number of halogens is 1. The maximum atomic E-state index is 14.1.